The van der Waals surface area contributed by atoms with Gasteiger partial charge in [0.2, 0.25) is 12.7 Å². The van der Waals surface area contributed by atoms with Crippen molar-refractivity contribution in [3.63, 3.8) is 0 Å². The van der Waals surface area contributed by atoms with E-state index in [1.165, 1.54) is 7.11 Å². The molecule has 4 saturated carbocycles. The highest BCUT2D eigenvalue weighted by Crippen LogP contribution is 2.69. The summed E-state index contributed by atoms with van der Waals surface area (Å²) >= 11 is 0. The van der Waals surface area contributed by atoms with Crippen LogP contribution in [-0.4, -0.2) is 46.4 Å². The predicted octanol–water partition coefficient (Wildman–Crippen LogP) is 6.63. The average molecular weight is 753 g/mol. The molecule has 2 aromatic carbocycles. The van der Waals surface area contributed by atoms with Crippen molar-refractivity contribution < 1.29 is 37.7 Å². The molecule has 4 aliphatic rings. The Bertz CT molecular complexity index is 2090. The molecule has 4 fully saturated rings. The maximum absolute atomic E-state index is 14.1. The summed E-state index contributed by atoms with van der Waals surface area (Å²) in [6.07, 6.45) is 13.0. The molecule has 8 rings (SSSR count). The molecule has 0 radical (unpaired) electrons. The highest BCUT2D eigenvalue weighted by atomic mass is 16.5. The van der Waals surface area contributed by atoms with Crippen LogP contribution in [0.2, 0.25) is 0 Å². The number of aryl methyl sites for hydroxylation is 2. The third kappa shape index (κ3) is 6.65. The minimum atomic E-state index is -0.209. The van der Waals surface area contributed by atoms with Crippen LogP contribution in [0.4, 0.5) is 0 Å². The number of carbonyl (C=O) groups excluding carboxylic acids is 3. The van der Waals surface area contributed by atoms with E-state index in [0.29, 0.717) is 41.9 Å². The maximum atomic E-state index is 14.1. The van der Waals surface area contributed by atoms with E-state index in [1.807, 2.05) is 70.8 Å². The number of rotatable bonds is 10. The molecule has 0 bridgehead atoms. The van der Waals surface area contributed by atoms with Gasteiger partial charge in [-0.3, -0.25) is 4.79 Å². The lowest BCUT2D eigenvalue weighted by Gasteiger charge is -2.62. The quantitative estimate of drug-likeness (QED) is 0.103. The zero-order valence-corrected chi connectivity index (χ0v) is 33.6. The number of fused-ring (bicyclic) bond motifs is 7. The molecule has 2 heterocycles. The topological polar surface area (TPSA) is 96.5 Å². The fraction of sp³-hybridized carbons (Fsp3) is 0.622. The minimum absolute atomic E-state index is 0.0792. The van der Waals surface area contributed by atoms with Crippen molar-refractivity contribution in [2.45, 2.75) is 110 Å². The highest BCUT2D eigenvalue weighted by molar-refractivity contribution is 5.77. The number of esters is 3. The Morgan fingerprint density at radius 3 is 2.04 bits per heavy atom. The van der Waals surface area contributed by atoms with Crippen LogP contribution in [0.1, 0.15) is 85.0 Å². The molecule has 10 heteroatoms. The summed E-state index contributed by atoms with van der Waals surface area (Å²) in [5.74, 6) is 2.04. The first kappa shape index (κ1) is 37.7. The summed E-state index contributed by atoms with van der Waals surface area (Å²) in [4.78, 5) is 39.7. The summed E-state index contributed by atoms with van der Waals surface area (Å²) < 4.78 is 26.2. The van der Waals surface area contributed by atoms with Gasteiger partial charge in [0.1, 0.15) is 12.2 Å². The van der Waals surface area contributed by atoms with E-state index in [9.17, 15) is 14.4 Å². The third-order valence-corrected chi connectivity index (χ3v) is 15.4. The first-order chi connectivity index (χ1) is 26.4. The molecular weight excluding hydrogens is 693 g/mol. The van der Waals surface area contributed by atoms with Gasteiger partial charge in [-0.25, -0.2) is 27.9 Å². The number of para-hydroxylation sites is 4. The number of benzene rings is 2. The van der Waals surface area contributed by atoms with Crippen LogP contribution in [0.3, 0.4) is 0 Å². The molecule has 0 saturated heterocycles. The number of hydrogen-bond acceptors (Lipinski definition) is 6. The van der Waals surface area contributed by atoms with Crippen LogP contribution in [0.5, 0.6) is 0 Å². The Kier molecular flexibility index (Phi) is 10.1. The van der Waals surface area contributed by atoms with Crippen LogP contribution < -0.4 is 9.13 Å². The van der Waals surface area contributed by atoms with Gasteiger partial charge in [-0.15, -0.1) is 0 Å². The second kappa shape index (κ2) is 14.7. The largest absolute Gasteiger partial charge is 0.469 e. The Morgan fingerprint density at radius 2 is 1.40 bits per heavy atom. The number of carbonyl (C=O) groups is 3. The minimum Gasteiger partial charge on any atom is -0.469 e. The van der Waals surface area contributed by atoms with Gasteiger partial charge in [0.05, 0.1) is 21.2 Å². The molecule has 55 heavy (non-hydrogen) atoms. The van der Waals surface area contributed by atoms with Gasteiger partial charge in [0.15, 0.2) is 35.2 Å². The number of hydrogen-bond donors (Lipinski definition) is 0. The fourth-order valence-electron chi connectivity index (χ4n) is 12.7. The van der Waals surface area contributed by atoms with Gasteiger partial charge in [0.25, 0.3) is 0 Å². The molecule has 0 aliphatic heterocycles. The molecule has 0 amide bonds. The average Bonchev–Trinajstić information content (AvgIpc) is 3.81. The van der Waals surface area contributed by atoms with E-state index >= 15 is 0 Å². The van der Waals surface area contributed by atoms with Gasteiger partial charge >= 0.3 is 17.9 Å². The molecular formula is C45H60N4O6+2. The molecule has 294 valence electrons. The number of nitrogens with zero attached hydrogens (tertiary/aromatic N) is 4. The SMILES string of the molecule is COC(=O)CC[C@@H](C)[C@H]1CC[C@H]2[C@@H]3CC[C@@H]4C[C@H](OC(=O)Cn5c[n+](C)c6ccccc65)CC[C@]4(C)[C@H]3C[C@H](OC(=O)Cn3c[n+](C)c4ccccc43)[C@]12C. The number of ether oxygens (including phenoxy) is 3. The Morgan fingerprint density at radius 1 is 0.782 bits per heavy atom. The van der Waals surface area contributed by atoms with Crippen LogP contribution >= 0.6 is 0 Å². The zero-order chi connectivity index (χ0) is 38.6. The zero-order valence-electron chi connectivity index (χ0n) is 33.6. The van der Waals surface area contributed by atoms with Crippen molar-refractivity contribution >= 4 is 40.0 Å². The lowest BCUT2D eigenvalue weighted by Crippen LogP contribution is -2.59. The van der Waals surface area contributed by atoms with Crippen molar-refractivity contribution in [2.75, 3.05) is 7.11 Å². The van der Waals surface area contributed by atoms with E-state index in [1.54, 1.807) is 0 Å². The number of imidazole rings is 2. The van der Waals surface area contributed by atoms with Gasteiger partial charge in [-0.1, -0.05) is 45.0 Å². The van der Waals surface area contributed by atoms with E-state index in [0.717, 1.165) is 79.9 Å². The van der Waals surface area contributed by atoms with Crippen LogP contribution in [0, 0.1) is 46.3 Å². The second-order valence-electron chi connectivity index (χ2n) is 18.1. The first-order valence-electron chi connectivity index (χ1n) is 20.7. The second-order valence-corrected chi connectivity index (χ2v) is 18.1. The summed E-state index contributed by atoms with van der Waals surface area (Å²) in [6.45, 7) is 7.57. The molecule has 10 atom stereocenters. The van der Waals surface area contributed by atoms with Gasteiger partial charge in [-0.05, 0) is 123 Å². The standard InChI is InChI=1S/C45H60N4O6/c1-29(15-20-41(50)53-6)33-18-19-34-32-17-16-30-23-31(54-42(51)25-48-27-46(4)36-11-7-9-13-38(36)48)21-22-44(30,2)35(32)24-40(45(33,34)3)55-43(52)26-49-28-47(5)37-12-8-10-14-39(37)49/h7-14,27-35,40H,15-26H2,1-6H3/q+2/t29-,30-,31-,32+,33-,34+,35+,40+,44+,45-/m1/s1. The smallest absolute Gasteiger partial charge is 0.348 e. The molecule has 0 unspecified atom stereocenters. The molecule has 4 aliphatic carbocycles. The van der Waals surface area contributed by atoms with Gasteiger partial charge < -0.3 is 14.2 Å². The van der Waals surface area contributed by atoms with Crippen molar-refractivity contribution in [2.24, 2.45) is 60.4 Å². The normalized spacial score (nSPS) is 32.0. The lowest BCUT2D eigenvalue weighted by atomic mass is 9.43. The lowest BCUT2D eigenvalue weighted by molar-refractivity contribution is -0.645. The highest BCUT2D eigenvalue weighted by Gasteiger charge is 2.65. The fourth-order valence-corrected chi connectivity index (χ4v) is 12.7. The monoisotopic (exact) mass is 752 g/mol. The molecule has 0 spiro atoms. The number of aromatic nitrogens is 4. The van der Waals surface area contributed by atoms with E-state index < -0.39 is 0 Å². The number of methoxy groups -OCH3 is 1. The predicted molar refractivity (Wildman–Crippen MR) is 207 cm³/mol. The molecule has 10 nitrogen and oxygen atoms in total. The summed E-state index contributed by atoms with van der Waals surface area (Å²) in [6, 6.07) is 16.3. The Labute approximate surface area is 325 Å². The van der Waals surface area contributed by atoms with Gasteiger partial charge in [-0.2, -0.15) is 0 Å². The van der Waals surface area contributed by atoms with E-state index in [4.69, 9.17) is 14.2 Å². The maximum Gasteiger partial charge on any atom is 0.348 e. The summed E-state index contributed by atoms with van der Waals surface area (Å²) in [5, 5.41) is 0. The van der Waals surface area contributed by atoms with Crippen LogP contribution in [0.25, 0.3) is 22.1 Å². The van der Waals surface area contributed by atoms with E-state index in [2.05, 4.69) is 43.5 Å². The van der Waals surface area contributed by atoms with Gasteiger partial charge in [0, 0.05) is 11.8 Å². The van der Waals surface area contributed by atoms with E-state index in [-0.39, 0.29) is 54.0 Å². The summed E-state index contributed by atoms with van der Waals surface area (Å²) in [7, 11) is 5.48. The molecule has 2 aromatic heterocycles. The van der Waals surface area contributed by atoms with Crippen LogP contribution in [-0.2, 0) is 55.8 Å². The molecule has 4 aromatic rings. The molecule has 0 N–H and O–H groups in total. The Hall–Kier alpha value is -4.21. The summed E-state index contributed by atoms with van der Waals surface area (Å²) in [5.41, 5.74) is 4.11. The third-order valence-electron chi connectivity index (χ3n) is 15.4. The van der Waals surface area contributed by atoms with Crippen molar-refractivity contribution in [3.8, 4) is 0 Å². The van der Waals surface area contributed by atoms with Crippen molar-refractivity contribution in [1.29, 1.82) is 0 Å². The first-order valence-corrected chi connectivity index (χ1v) is 20.7. The van der Waals surface area contributed by atoms with Crippen LogP contribution in [0.15, 0.2) is 61.2 Å². The van der Waals surface area contributed by atoms with Crippen molar-refractivity contribution in [3.05, 3.63) is 61.2 Å². The Balaban J connectivity index is 1.01. The van der Waals surface area contributed by atoms with Crippen molar-refractivity contribution in [1.82, 2.24) is 9.13 Å².